The van der Waals surface area contributed by atoms with Gasteiger partial charge in [0.1, 0.15) is 11.4 Å². The minimum atomic E-state index is -0.427. The Labute approximate surface area is 178 Å². The fraction of sp³-hybridized carbons (Fsp3) is 0.667. The first-order chi connectivity index (χ1) is 14.2. The van der Waals surface area contributed by atoms with Crippen LogP contribution in [-0.2, 0) is 9.53 Å². The average molecular weight is 419 g/mol. The topological polar surface area (TPSA) is 108 Å². The van der Waals surface area contributed by atoms with Gasteiger partial charge in [0.15, 0.2) is 5.84 Å². The van der Waals surface area contributed by atoms with E-state index < -0.39 is 5.60 Å². The molecule has 1 aromatic heterocycles. The van der Waals surface area contributed by atoms with Gasteiger partial charge >= 0.3 is 5.97 Å². The largest absolute Gasteiger partial charge is 0.459 e. The van der Waals surface area contributed by atoms with Crippen LogP contribution in [0.3, 0.4) is 0 Å². The molecule has 0 atom stereocenters. The molecule has 0 aliphatic carbocycles. The summed E-state index contributed by atoms with van der Waals surface area (Å²) in [6.07, 6.45) is 3.79. The number of anilines is 1. The van der Waals surface area contributed by atoms with Crippen LogP contribution in [0.2, 0.25) is 0 Å². The van der Waals surface area contributed by atoms with Gasteiger partial charge in [-0.1, -0.05) is 5.16 Å². The van der Waals surface area contributed by atoms with Gasteiger partial charge in [0.2, 0.25) is 0 Å². The summed E-state index contributed by atoms with van der Waals surface area (Å²) in [5.74, 6) is 0.841. The molecule has 2 saturated heterocycles. The molecule has 3 heterocycles. The summed E-state index contributed by atoms with van der Waals surface area (Å²) in [6.45, 7) is 11.8. The summed E-state index contributed by atoms with van der Waals surface area (Å²) in [6, 6.07) is 4.31. The first-order valence-electron chi connectivity index (χ1n) is 10.6. The molecule has 3 rings (SSSR count). The predicted molar refractivity (Wildman–Crippen MR) is 116 cm³/mol. The lowest BCUT2D eigenvalue weighted by atomic mass is 10.0. The van der Waals surface area contributed by atoms with Gasteiger partial charge in [0.05, 0.1) is 6.54 Å². The SMILES string of the molecule is CC(C)(C)OC(=O)CN1CCC(N2CCN(c3ccc(C(N)=NO)cn3)CC2)CC1. The van der Waals surface area contributed by atoms with Crippen LogP contribution in [0.25, 0.3) is 0 Å². The third kappa shape index (κ3) is 6.06. The fourth-order valence-electron chi connectivity index (χ4n) is 4.10. The summed E-state index contributed by atoms with van der Waals surface area (Å²) < 4.78 is 5.44. The summed E-state index contributed by atoms with van der Waals surface area (Å²) in [4.78, 5) is 23.5. The number of oxime groups is 1. The number of aromatic nitrogens is 1. The van der Waals surface area contributed by atoms with Crippen LogP contribution >= 0.6 is 0 Å². The molecule has 0 spiro atoms. The number of carbonyl (C=O) groups is 1. The Bertz CT molecular complexity index is 730. The van der Waals surface area contributed by atoms with Crippen LogP contribution in [0.5, 0.6) is 0 Å². The van der Waals surface area contributed by atoms with Crippen molar-refractivity contribution in [2.24, 2.45) is 10.9 Å². The zero-order chi connectivity index (χ0) is 21.7. The Morgan fingerprint density at radius 3 is 2.40 bits per heavy atom. The van der Waals surface area contributed by atoms with Crippen LogP contribution in [0.4, 0.5) is 5.82 Å². The predicted octanol–water partition coefficient (Wildman–Crippen LogP) is 1.10. The molecule has 2 aliphatic rings. The lowest BCUT2D eigenvalue weighted by molar-refractivity contribution is -0.156. The van der Waals surface area contributed by atoms with Crippen molar-refractivity contribution in [3.63, 3.8) is 0 Å². The molecule has 0 radical (unpaired) electrons. The van der Waals surface area contributed by atoms with E-state index in [9.17, 15) is 4.79 Å². The number of carbonyl (C=O) groups excluding carboxylic acids is 1. The summed E-state index contributed by atoms with van der Waals surface area (Å²) in [5.41, 5.74) is 5.78. The van der Waals surface area contributed by atoms with Gasteiger partial charge < -0.3 is 20.6 Å². The van der Waals surface area contributed by atoms with Crippen molar-refractivity contribution in [2.75, 3.05) is 50.7 Å². The van der Waals surface area contributed by atoms with E-state index in [-0.39, 0.29) is 11.8 Å². The van der Waals surface area contributed by atoms with Crippen molar-refractivity contribution < 1.29 is 14.7 Å². The van der Waals surface area contributed by atoms with E-state index >= 15 is 0 Å². The number of hydrogen-bond acceptors (Lipinski definition) is 8. The Balaban J connectivity index is 1.42. The number of ether oxygens (including phenoxy) is 1. The molecule has 0 saturated carbocycles. The number of nitrogens with zero attached hydrogens (tertiary/aromatic N) is 5. The van der Waals surface area contributed by atoms with Crippen molar-refractivity contribution in [1.29, 1.82) is 0 Å². The van der Waals surface area contributed by atoms with Gasteiger partial charge in [-0.3, -0.25) is 14.6 Å². The molecule has 0 unspecified atom stereocenters. The molecule has 2 aliphatic heterocycles. The van der Waals surface area contributed by atoms with Crippen LogP contribution in [0, 0.1) is 0 Å². The van der Waals surface area contributed by atoms with Gasteiger partial charge in [0.25, 0.3) is 0 Å². The van der Waals surface area contributed by atoms with Gasteiger partial charge in [-0.25, -0.2) is 4.98 Å². The standard InChI is InChI=1S/C21H34N6O3/c1-21(2,3)30-19(28)15-25-8-6-17(7-9-25)26-10-12-27(13-11-26)18-5-4-16(14-23-18)20(22)24-29/h4-5,14,17,29H,6-13,15H2,1-3H3,(H2,22,24). The molecule has 0 aromatic carbocycles. The third-order valence-electron chi connectivity index (χ3n) is 5.64. The van der Waals surface area contributed by atoms with E-state index in [1.807, 2.05) is 32.9 Å². The minimum absolute atomic E-state index is 0.0666. The summed E-state index contributed by atoms with van der Waals surface area (Å²) >= 11 is 0. The molecular weight excluding hydrogens is 384 g/mol. The second kappa shape index (κ2) is 9.61. The quantitative estimate of drug-likeness (QED) is 0.241. The number of piperazine rings is 1. The summed E-state index contributed by atoms with van der Waals surface area (Å²) in [5, 5.41) is 11.8. The third-order valence-corrected chi connectivity index (χ3v) is 5.64. The lowest BCUT2D eigenvalue weighted by Crippen LogP contribution is -2.53. The molecule has 9 nitrogen and oxygen atoms in total. The smallest absolute Gasteiger partial charge is 0.320 e. The van der Waals surface area contributed by atoms with Crippen LogP contribution in [-0.4, -0.2) is 89.3 Å². The average Bonchev–Trinajstić information content (AvgIpc) is 2.72. The van der Waals surface area contributed by atoms with E-state index in [1.165, 1.54) is 0 Å². The van der Waals surface area contributed by atoms with Gasteiger partial charge in [0, 0.05) is 57.1 Å². The second-order valence-corrected chi connectivity index (χ2v) is 9.01. The highest BCUT2D eigenvalue weighted by Crippen LogP contribution is 2.21. The van der Waals surface area contributed by atoms with Gasteiger partial charge in [-0.05, 0) is 45.7 Å². The Hall–Kier alpha value is -2.39. The Morgan fingerprint density at radius 2 is 1.87 bits per heavy atom. The number of amidine groups is 1. The van der Waals surface area contributed by atoms with Crippen molar-refractivity contribution in [1.82, 2.24) is 14.8 Å². The van der Waals surface area contributed by atoms with Gasteiger partial charge in [-0.2, -0.15) is 0 Å². The van der Waals surface area contributed by atoms with Gasteiger partial charge in [-0.15, -0.1) is 0 Å². The number of piperidine rings is 1. The molecule has 0 bridgehead atoms. The molecule has 3 N–H and O–H groups in total. The number of rotatable bonds is 5. The van der Waals surface area contributed by atoms with E-state index in [2.05, 4.69) is 24.8 Å². The van der Waals surface area contributed by atoms with Crippen LogP contribution in [0.15, 0.2) is 23.5 Å². The maximum atomic E-state index is 12.0. The number of likely N-dealkylation sites (tertiary alicyclic amines) is 1. The van der Waals surface area contributed by atoms with Crippen molar-refractivity contribution >= 4 is 17.6 Å². The second-order valence-electron chi connectivity index (χ2n) is 9.01. The van der Waals surface area contributed by atoms with Crippen LogP contribution in [0.1, 0.15) is 39.2 Å². The Morgan fingerprint density at radius 1 is 1.20 bits per heavy atom. The van der Waals surface area contributed by atoms with Crippen molar-refractivity contribution in [2.45, 2.75) is 45.3 Å². The molecule has 166 valence electrons. The monoisotopic (exact) mass is 418 g/mol. The molecular formula is C21H34N6O3. The maximum absolute atomic E-state index is 12.0. The lowest BCUT2D eigenvalue weighted by Gasteiger charge is -2.43. The molecule has 0 amide bonds. The number of nitrogens with two attached hydrogens (primary N) is 1. The van der Waals surface area contributed by atoms with E-state index in [0.717, 1.165) is 57.9 Å². The summed E-state index contributed by atoms with van der Waals surface area (Å²) in [7, 11) is 0. The Kier molecular flexibility index (Phi) is 7.14. The highest BCUT2D eigenvalue weighted by Gasteiger charge is 2.29. The number of esters is 1. The van der Waals surface area contributed by atoms with Crippen molar-refractivity contribution in [3.05, 3.63) is 23.9 Å². The highest BCUT2D eigenvalue weighted by molar-refractivity contribution is 5.96. The normalized spacial score (nSPS) is 20.4. The van der Waals surface area contributed by atoms with E-state index in [1.54, 1.807) is 6.20 Å². The maximum Gasteiger partial charge on any atom is 0.320 e. The fourth-order valence-corrected chi connectivity index (χ4v) is 4.10. The minimum Gasteiger partial charge on any atom is -0.459 e. The molecule has 2 fully saturated rings. The molecule has 30 heavy (non-hydrogen) atoms. The zero-order valence-electron chi connectivity index (χ0n) is 18.3. The van der Waals surface area contributed by atoms with E-state index in [4.69, 9.17) is 15.7 Å². The van der Waals surface area contributed by atoms with Crippen LogP contribution < -0.4 is 10.6 Å². The molecule has 9 heteroatoms. The highest BCUT2D eigenvalue weighted by atomic mass is 16.6. The zero-order valence-corrected chi connectivity index (χ0v) is 18.3. The number of hydrogen-bond donors (Lipinski definition) is 2. The first-order valence-corrected chi connectivity index (χ1v) is 10.6. The first kappa shape index (κ1) is 22.3. The number of pyridine rings is 1. The van der Waals surface area contributed by atoms with E-state index in [0.29, 0.717) is 18.2 Å². The van der Waals surface area contributed by atoms with Crippen molar-refractivity contribution in [3.8, 4) is 0 Å². The molecule has 1 aromatic rings.